The number of nitrogens with two attached hydrogens (primary N) is 3. The summed E-state index contributed by atoms with van der Waals surface area (Å²) in [6.07, 6.45) is 0.589. The molecule has 1 aliphatic rings. The molecule has 0 aliphatic carbocycles. The maximum absolute atomic E-state index is 14.8. The van der Waals surface area contributed by atoms with E-state index in [-0.39, 0.29) is 43.7 Å². The molecule has 1 aliphatic heterocycles. The third-order valence-electron chi connectivity index (χ3n) is 12.2. The molecule has 2 heterocycles. The number of unbranched alkanes of at least 4 members (excludes halogenated alkanes) is 1. The van der Waals surface area contributed by atoms with E-state index >= 15 is 0 Å². The van der Waals surface area contributed by atoms with Gasteiger partial charge in [-0.05, 0) is 87.9 Å². The zero-order valence-corrected chi connectivity index (χ0v) is 42.9. The fraction of sp³-hybridized carbons (Fsp3) is 0.440. The Bertz CT molecular complexity index is 2590. The summed E-state index contributed by atoms with van der Waals surface area (Å²) in [5, 5.41) is 50.1. The minimum Gasteiger partial charge on any atom is -0.508 e. The van der Waals surface area contributed by atoms with E-state index in [0.717, 1.165) is 38.1 Å². The highest BCUT2D eigenvalue weighted by molar-refractivity contribution is 8.77. The molecule has 1 aromatic heterocycles. The summed E-state index contributed by atoms with van der Waals surface area (Å²) in [5.74, 6) is -7.62. The first kappa shape index (κ1) is 58.2. The summed E-state index contributed by atoms with van der Waals surface area (Å²) in [5.41, 5.74) is 20.2. The fourth-order valence-corrected chi connectivity index (χ4v) is 10.8. The Morgan fingerprint density at radius 1 is 0.784 bits per heavy atom. The summed E-state index contributed by atoms with van der Waals surface area (Å²) in [4.78, 5) is 116. The monoisotopic (exact) mass is 1060 g/mol. The van der Waals surface area contributed by atoms with Crippen molar-refractivity contribution in [3.63, 3.8) is 0 Å². The van der Waals surface area contributed by atoms with Gasteiger partial charge >= 0.3 is 0 Å². The molecule has 17 N–H and O–H groups in total. The van der Waals surface area contributed by atoms with E-state index in [0.29, 0.717) is 24.0 Å². The summed E-state index contributed by atoms with van der Waals surface area (Å²) in [6, 6.07) is 10.3. The largest absolute Gasteiger partial charge is 0.508 e. The standard InChI is InChI=1S/C50H67N11O11S2/c1-27(63)40-48(71)61-41(49(72)58-38(25-62)42(53)65)50(2,3)74-73-26-39(59-43(66)33(52)21-28-11-5-4-6-12-28)47(70)56-36(22-29-16-18-31(64)19-17-29)45(68)57-37(23-30-24-54-34-14-8-7-13-32(30)34)46(69)55-35(44(67)60-40)15-9-10-20-51/h4-8,11-14,16-19,24,27,33,35-41,54,62-64H,9-10,15,20-23,25-26,51-52H2,1-3H3,(H2,53,65)(H,55,69)(H,56,70)(H,57,68)(H,58,72)(H,59,66)(H,60,67)(H,61,71)/t27-,33-,35+,36+,37+,38+,39+,40+,41-/m1/s1. The van der Waals surface area contributed by atoms with Gasteiger partial charge < -0.3 is 74.7 Å². The van der Waals surface area contributed by atoms with Crippen LogP contribution in [0.15, 0.2) is 85.1 Å². The first-order valence-corrected chi connectivity index (χ1v) is 26.4. The Kier molecular flexibility index (Phi) is 21.7. The number of hydrogen-bond donors (Lipinski definition) is 14. The number of aromatic amines is 1. The number of nitrogens with one attached hydrogen (secondary N) is 8. The molecule has 1 fully saturated rings. The van der Waals surface area contributed by atoms with Crippen molar-refractivity contribution in [3.8, 4) is 5.75 Å². The van der Waals surface area contributed by atoms with Crippen LogP contribution in [0.3, 0.4) is 0 Å². The quantitative estimate of drug-likeness (QED) is 0.0436. The molecule has 1 saturated heterocycles. The number of hydrogen-bond acceptors (Lipinski definition) is 15. The van der Waals surface area contributed by atoms with Crippen molar-refractivity contribution in [2.24, 2.45) is 17.2 Å². The number of benzene rings is 3. The van der Waals surface area contributed by atoms with Crippen molar-refractivity contribution in [1.29, 1.82) is 0 Å². The van der Waals surface area contributed by atoms with E-state index in [1.54, 1.807) is 54.7 Å². The number of aliphatic hydroxyl groups is 2. The molecule has 0 saturated carbocycles. The number of carbonyl (C=O) groups is 8. The van der Waals surface area contributed by atoms with Gasteiger partial charge in [0.25, 0.3) is 0 Å². The molecule has 5 rings (SSSR count). The lowest BCUT2D eigenvalue weighted by molar-refractivity contribution is -0.137. The highest BCUT2D eigenvalue weighted by Crippen LogP contribution is 2.39. The molecule has 22 nitrogen and oxygen atoms in total. The number of phenolic OH excluding ortho intramolecular Hbond substituents is 1. The van der Waals surface area contributed by atoms with E-state index in [2.05, 4.69) is 42.2 Å². The molecule has 8 amide bonds. The van der Waals surface area contributed by atoms with Crippen molar-refractivity contribution in [2.75, 3.05) is 18.9 Å². The summed E-state index contributed by atoms with van der Waals surface area (Å²) >= 11 is 0. The maximum atomic E-state index is 14.8. The smallest absolute Gasteiger partial charge is 0.245 e. The van der Waals surface area contributed by atoms with E-state index in [1.165, 1.54) is 32.9 Å². The van der Waals surface area contributed by atoms with E-state index < -0.39 is 113 Å². The third kappa shape index (κ3) is 16.7. The second-order valence-corrected chi connectivity index (χ2v) is 21.5. The molecule has 0 spiro atoms. The molecular weight excluding hydrogens is 995 g/mol. The highest BCUT2D eigenvalue weighted by atomic mass is 33.1. The highest BCUT2D eigenvalue weighted by Gasteiger charge is 2.42. The molecule has 24 heteroatoms. The van der Waals surface area contributed by atoms with Gasteiger partial charge in [0.05, 0.1) is 18.8 Å². The molecule has 0 bridgehead atoms. The van der Waals surface area contributed by atoms with Crippen LogP contribution >= 0.6 is 21.6 Å². The fourth-order valence-electron chi connectivity index (χ4n) is 8.02. The Hall–Kier alpha value is -6.70. The zero-order valence-electron chi connectivity index (χ0n) is 41.3. The SMILES string of the molecule is C[C@@H](O)[C@@H]1NC(=O)[C@H](CCCCN)NC(=O)[C@H](Cc2c[nH]c3ccccc23)NC(=O)[C@H](Cc2ccc(O)cc2)NC(=O)[C@@H](NC(=O)[C@H](N)Cc2ccccc2)CSSC(C)(C)[C@@H](C(=O)N[C@@H](CO)C(N)=O)NC1=O. The van der Waals surface area contributed by atoms with Crippen molar-refractivity contribution in [2.45, 2.75) is 118 Å². The van der Waals surface area contributed by atoms with Crippen LogP contribution < -0.4 is 54.4 Å². The lowest BCUT2D eigenvalue weighted by atomic mass is 10.00. The van der Waals surface area contributed by atoms with Crippen LogP contribution in [-0.2, 0) is 57.6 Å². The molecule has 9 atom stereocenters. The Balaban J connectivity index is 1.62. The van der Waals surface area contributed by atoms with Gasteiger partial charge in [-0.15, -0.1) is 0 Å². The second-order valence-electron chi connectivity index (χ2n) is 18.5. The van der Waals surface area contributed by atoms with Gasteiger partial charge in [-0.1, -0.05) is 82.3 Å². The molecular formula is C50H67N11O11S2. The maximum Gasteiger partial charge on any atom is 0.245 e. The molecule has 3 aromatic carbocycles. The summed E-state index contributed by atoms with van der Waals surface area (Å²) < 4.78 is -1.41. The van der Waals surface area contributed by atoms with Crippen molar-refractivity contribution >= 4 is 79.7 Å². The van der Waals surface area contributed by atoms with Crippen LogP contribution in [0.2, 0.25) is 0 Å². The van der Waals surface area contributed by atoms with Crippen LogP contribution in [0.25, 0.3) is 10.9 Å². The van der Waals surface area contributed by atoms with Crippen LogP contribution in [0.4, 0.5) is 0 Å². The van der Waals surface area contributed by atoms with Crippen molar-refractivity contribution in [3.05, 3.63) is 102 Å². The van der Waals surface area contributed by atoms with E-state index in [9.17, 15) is 53.7 Å². The second kappa shape index (κ2) is 27.5. The lowest BCUT2D eigenvalue weighted by Crippen LogP contribution is -2.64. The number of rotatable bonds is 17. The number of carbonyl (C=O) groups excluding carboxylic acids is 8. The molecule has 400 valence electrons. The van der Waals surface area contributed by atoms with Crippen LogP contribution in [0.5, 0.6) is 5.75 Å². The number of H-pyrrole nitrogens is 1. The normalized spacial score (nSPS) is 22.6. The minimum absolute atomic E-state index is 0.0140. The first-order valence-electron chi connectivity index (χ1n) is 24.0. The average Bonchev–Trinajstić information content (AvgIpc) is 3.77. The Labute approximate surface area is 436 Å². The molecule has 74 heavy (non-hydrogen) atoms. The van der Waals surface area contributed by atoms with E-state index in [4.69, 9.17) is 17.2 Å². The third-order valence-corrected chi connectivity index (χ3v) is 15.5. The minimum atomic E-state index is -1.75. The molecule has 0 radical (unpaired) electrons. The number of primary amides is 1. The first-order chi connectivity index (χ1) is 35.2. The molecule has 4 aromatic rings. The zero-order chi connectivity index (χ0) is 54.1. The van der Waals surface area contributed by atoms with Crippen LogP contribution in [-0.4, -0.2) is 146 Å². The summed E-state index contributed by atoms with van der Waals surface area (Å²) in [6.45, 7) is 3.63. The number of aliphatic hydroxyl groups excluding tert-OH is 2. The topological polar surface area (TPSA) is 375 Å². The Morgan fingerprint density at radius 3 is 2.05 bits per heavy atom. The van der Waals surface area contributed by atoms with Gasteiger partial charge in [0.2, 0.25) is 47.3 Å². The van der Waals surface area contributed by atoms with Gasteiger partial charge in [0, 0.05) is 40.4 Å². The number of para-hydroxylation sites is 1. The Morgan fingerprint density at radius 2 is 1.41 bits per heavy atom. The van der Waals surface area contributed by atoms with Gasteiger partial charge in [-0.3, -0.25) is 38.4 Å². The number of fused-ring (bicyclic) bond motifs is 1. The lowest BCUT2D eigenvalue weighted by Gasteiger charge is -2.35. The summed E-state index contributed by atoms with van der Waals surface area (Å²) in [7, 11) is 1.95. The van der Waals surface area contributed by atoms with Gasteiger partial charge in [-0.2, -0.15) is 0 Å². The van der Waals surface area contributed by atoms with Crippen LogP contribution in [0.1, 0.15) is 56.7 Å². The van der Waals surface area contributed by atoms with E-state index in [1.807, 2.05) is 18.2 Å². The molecule has 0 unspecified atom stereocenters. The predicted molar refractivity (Wildman–Crippen MR) is 280 cm³/mol. The number of phenols is 1. The van der Waals surface area contributed by atoms with Crippen molar-refractivity contribution < 1.29 is 53.7 Å². The average molecular weight is 1060 g/mol. The van der Waals surface area contributed by atoms with Crippen LogP contribution in [0, 0.1) is 0 Å². The van der Waals surface area contributed by atoms with Gasteiger partial charge in [0.1, 0.15) is 48.0 Å². The number of amides is 8. The van der Waals surface area contributed by atoms with Gasteiger partial charge in [0.15, 0.2) is 0 Å². The number of aromatic hydroxyl groups is 1. The predicted octanol–water partition coefficient (Wildman–Crippen LogP) is -1.22. The number of aromatic nitrogens is 1. The van der Waals surface area contributed by atoms with Crippen molar-refractivity contribution in [1.82, 2.24) is 42.2 Å². The van der Waals surface area contributed by atoms with Gasteiger partial charge in [-0.25, -0.2) is 0 Å².